The number of thiazole rings is 1. The number of nitrogens with one attached hydrogen (secondary N) is 1. The van der Waals surface area contributed by atoms with Crippen molar-refractivity contribution < 1.29 is 4.79 Å². The van der Waals surface area contributed by atoms with Crippen molar-refractivity contribution in [1.82, 2.24) is 15.3 Å². The first-order chi connectivity index (χ1) is 9.13. The fourth-order valence-electron chi connectivity index (χ4n) is 1.61. The second kappa shape index (κ2) is 6.77. The molecule has 2 aromatic rings. The van der Waals surface area contributed by atoms with Crippen LogP contribution in [0.15, 0.2) is 28.3 Å². The van der Waals surface area contributed by atoms with Gasteiger partial charge in [-0.25, -0.2) is 4.98 Å². The molecule has 0 fully saturated rings. The van der Waals surface area contributed by atoms with Gasteiger partial charge in [0.25, 0.3) is 0 Å². The summed E-state index contributed by atoms with van der Waals surface area (Å²) in [4.78, 5) is 20.1. The molecule has 0 saturated carbocycles. The van der Waals surface area contributed by atoms with E-state index in [0.29, 0.717) is 19.4 Å². The van der Waals surface area contributed by atoms with Gasteiger partial charge in [0.1, 0.15) is 0 Å². The minimum absolute atomic E-state index is 0.0330. The molecule has 0 aliphatic rings. The van der Waals surface area contributed by atoms with E-state index in [1.54, 1.807) is 23.7 Å². The summed E-state index contributed by atoms with van der Waals surface area (Å²) in [5.74, 6) is 0.0330. The van der Waals surface area contributed by atoms with Gasteiger partial charge in [-0.15, -0.1) is 11.3 Å². The molecule has 0 radical (unpaired) electrons. The number of hydrogen-bond acceptors (Lipinski definition) is 4. The monoisotopic (exact) mass is 339 g/mol. The molecule has 0 unspecified atom stereocenters. The first kappa shape index (κ1) is 14.1. The number of pyridine rings is 1. The van der Waals surface area contributed by atoms with E-state index in [9.17, 15) is 4.79 Å². The van der Waals surface area contributed by atoms with Crippen LogP contribution in [0.4, 0.5) is 0 Å². The Hall–Kier alpha value is -1.27. The number of rotatable bonds is 5. The molecule has 4 nitrogen and oxygen atoms in total. The van der Waals surface area contributed by atoms with Crippen LogP contribution in [0.5, 0.6) is 0 Å². The van der Waals surface area contributed by atoms with Crippen LogP contribution >= 0.6 is 27.3 Å². The highest BCUT2D eigenvalue weighted by Crippen LogP contribution is 2.10. The van der Waals surface area contributed by atoms with Crippen molar-refractivity contribution in [1.29, 1.82) is 0 Å². The third kappa shape index (κ3) is 4.72. The molecule has 1 amide bonds. The summed E-state index contributed by atoms with van der Waals surface area (Å²) in [5, 5.41) is 5.92. The molecule has 0 aliphatic carbocycles. The van der Waals surface area contributed by atoms with Crippen LogP contribution in [0.25, 0.3) is 0 Å². The molecule has 0 spiro atoms. The third-order valence-electron chi connectivity index (χ3n) is 2.53. The van der Waals surface area contributed by atoms with E-state index in [1.807, 2.05) is 18.4 Å². The maximum absolute atomic E-state index is 11.7. The lowest BCUT2D eigenvalue weighted by molar-refractivity contribution is -0.121. The van der Waals surface area contributed by atoms with Crippen LogP contribution in [-0.4, -0.2) is 15.9 Å². The highest BCUT2D eigenvalue weighted by Gasteiger charge is 2.05. The van der Waals surface area contributed by atoms with Gasteiger partial charge in [0.05, 0.1) is 10.7 Å². The Morgan fingerprint density at radius 3 is 3.00 bits per heavy atom. The van der Waals surface area contributed by atoms with Crippen molar-refractivity contribution in [2.24, 2.45) is 0 Å². The molecule has 0 aromatic carbocycles. The Bertz CT molecular complexity index is 571. The summed E-state index contributed by atoms with van der Waals surface area (Å²) < 4.78 is 0.914. The number of amides is 1. The van der Waals surface area contributed by atoms with Gasteiger partial charge in [0, 0.05) is 35.2 Å². The number of halogens is 1. The topological polar surface area (TPSA) is 54.9 Å². The van der Waals surface area contributed by atoms with Gasteiger partial charge in [-0.3, -0.25) is 9.78 Å². The van der Waals surface area contributed by atoms with E-state index in [1.165, 1.54) is 0 Å². The maximum atomic E-state index is 11.7. The van der Waals surface area contributed by atoms with Gasteiger partial charge in [-0.1, -0.05) is 0 Å². The summed E-state index contributed by atoms with van der Waals surface area (Å²) >= 11 is 4.96. The Balaban J connectivity index is 1.75. The SMILES string of the molecule is Cc1nc(CCC(=O)NCc2cncc(Br)c2)cs1. The molecule has 100 valence electrons. The van der Waals surface area contributed by atoms with Crippen LogP contribution < -0.4 is 5.32 Å². The predicted octanol–water partition coefficient (Wildman–Crippen LogP) is 2.86. The minimum atomic E-state index is 0.0330. The Kier molecular flexibility index (Phi) is 5.04. The molecular formula is C13H14BrN3OS. The molecule has 19 heavy (non-hydrogen) atoms. The van der Waals surface area contributed by atoms with Crippen molar-refractivity contribution in [2.75, 3.05) is 0 Å². The molecule has 1 N–H and O–H groups in total. The van der Waals surface area contributed by atoms with Gasteiger partial charge >= 0.3 is 0 Å². The van der Waals surface area contributed by atoms with Crippen molar-refractivity contribution in [3.63, 3.8) is 0 Å². The lowest BCUT2D eigenvalue weighted by Crippen LogP contribution is -2.23. The zero-order valence-corrected chi connectivity index (χ0v) is 12.9. The number of hydrogen-bond donors (Lipinski definition) is 1. The molecule has 0 aliphatic heterocycles. The first-order valence-electron chi connectivity index (χ1n) is 5.90. The van der Waals surface area contributed by atoms with E-state index in [4.69, 9.17) is 0 Å². The van der Waals surface area contributed by atoms with Crippen molar-refractivity contribution >= 4 is 33.2 Å². The number of nitrogens with zero attached hydrogens (tertiary/aromatic N) is 2. The van der Waals surface area contributed by atoms with Crippen molar-refractivity contribution in [3.05, 3.63) is 44.6 Å². The highest BCUT2D eigenvalue weighted by molar-refractivity contribution is 9.10. The van der Waals surface area contributed by atoms with Gasteiger partial charge in [-0.05, 0) is 40.9 Å². The van der Waals surface area contributed by atoms with E-state index >= 15 is 0 Å². The van der Waals surface area contributed by atoms with E-state index < -0.39 is 0 Å². The lowest BCUT2D eigenvalue weighted by atomic mass is 10.2. The van der Waals surface area contributed by atoms with Crippen molar-refractivity contribution in [3.8, 4) is 0 Å². The molecule has 6 heteroatoms. The zero-order valence-electron chi connectivity index (χ0n) is 10.5. The number of aryl methyl sites for hydroxylation is 2. The largest absolute Gasteiger partial charge is 0.352 e. The molecule has 2 rings (SSSR count). The molecule has 0 saturated heterocycles. The van der Waals surface area contributed by atoms with E-state index in [-0.39, 0.29) is 5.91 Å². The fourth-order valence-corrected chi connectivity index (χ4v) is 2.67. The fraction of sp³-hybridized carbons (Fsp3) is 0.308. The second-order valence-corrected chi connectivity index (χ2v) is 6.12. The summed E-state index contributed by atoms with van der Waals surface area (Å²) in [5.41, 5.74) is 1.97. The summed E-state index contributed by atoms with van der Waals surface area (Å²) in [6.07, 6.45) is 4.61. The van der Waals surface area contributed by atoms with E-state index in [2.05, 4.69) is 31.2 Å². The molecule has 2 aromatic heterocycles. The number of carbonyl (C=O) groups excluding carboxylic acids is 1. The van der Waals surface area contributed by atoms with Crippen LogP contribution in [0.3, 0.4) is 0 Å². The highest BCUT2D eigenvalue weighted by atomic mass is 79.9. The van der Waals surface area contributed by atoms with Crippen LogP contribution in [0.1, 0.15) is 22.7 Å². The molecule has 0 atom stereocenters. The second-order valence-electron chi connectivity index (χ2n) is 4.15. The average Bonchev–Trinajstić information content (AvgIpc) is 2.80. The van der Waals surface area contributed by atoms with Crippen LogP contribution in [-0.2, 0) is 17.8 Å². The van der Waals surface area contributed by atoms with Gasteiger partial charge in [-0.2, -0.15) is 0 Å². The standard InChI is InChI=1S/C13H14BrN3OS/c1-9-17-12(8-19-9)2-3-13(18)16-6-10-4-11(14)7-15-5-10/h4-5,7-8H,2-3,6H2,1H3,(H,16,18). The smallest absolute Gasteiger partial charge is 0.220 e. The number of aromatic nitrogens is 2. The summed E-state index contributed by atoms with van der Waals surface area (Å²) in [6, 6.07) is 1.94. The van der Waals surface area contributed by atoms with Crippen LogP contribution in [0.2, 0.25) is 0 Å². The maximum Gasteiger partial charge on any atom is 0.220 e. The van der Waals surface area contributed by atoms with Crippen LogP contribution in [0, 0.1) is 6.92 Å². The minimum Gasteiger partial charge on any atom is -0.352 e. The van der Waals surface area contributed by atoms with E-state index in [0.717, 1.165) is 20.7 Å². The first-order valence-corrected chi connectivity index (χ1v) is 7.58. The number of carbonyl (C=O) groups is 1. The average molecular weight is 340 g/mol. The third-order valence-corrected chi connectivity index (χ3v) is 3.78. The zero-order chi connectivity index (χ0) is 13.7. The van der Waals surface area contributed by atoms with Crippen molar-refractivity contribution in [2.45, 2.75) is 26.3 Å². The lowest BCUT2D eigenvalue weighted by Gasteiger charge is -2.04. The summed E-state index contributed by atoms with van der Waals surface area (Å²) in [6.45, 7) is 2.47. The molecule has 0 bridgehead atoms. The van der Waals surface area contributed by atoms with Gasteiger partial charge in [0.15, 0.2) is 0 Å². The molecular weight excluding hydrogens is 326 g/mol. The van der Waals surface area contributed by atoms with Gasteiger partial charge < -0.3 is 5.32 Å². The van der Waals surface area contributed by atoms with Gasteiger partial charge in [0.2, 0.25) is 5.91 Å². The summed E-state index contributed by atoms with van der Waals surface area (Å²) in [7, 11) is 0. The Labute approximate surface area is 124 Å². The molecule has 2 heterocycles. The predicted molar refractivity (Wildman–Crippen MR) is 79.0 cm³/mol. The quantitative estimate of drug-likeness (QED) is 0.911. The Morgan fingerprint density at radius 2 is 2.32 bits per heavy atom. The Morgan fingerprint density at radius 1 is 1.47 bits per heavy atom. The normalized spacial score (nSPS) is 10.4.